The van der Waals surface area contributed by atoms with E-state index >= 15 is 0 Å². The second kappa shape index (κ2) is 6.51. The van der Waals surface area contributed by atoms with Crippen LogP contribution >= 0.6 is 23.2 Å². The number of nitrogens with one attached hydrogen (secondary N) is 2. The quantitative estimate of drug-likeness (QED) is 0.540. The van der Waals surface area contributed by atoms with Crippen molar-refractivity contribution in [2.24, 2.45) is 0 Å². The van der Waals surface area contributed by atoms with Gasteiger partial charge >= 0.3 is 0 Å². The van der Waals surface area contributed by atoms with Gasteiger partial charge in [-0.1, -0.05) is 29.3 Å². The molecule has 0 amide bonds. The summed E-state index contributed by atoms with van der Waals surface area (Å²) in [7, 11) is 0. The van der Waals surface area contributed by atoms with Crippen LogP contribution in [0.5, 0.6) is 0 Å². The first kappa shape index (κ1) is 16.7. The maximum absolute atomic E-state index is 6.28. The molecule has 0 bridgehead atoms. The Balaban J connectivity index is 1.81. The zero-order valence-corrected chi connectivity index (χ0v) is 15.4. The van der Waals surface area contributed by atoms with Crippen molar-refractivity contribution < 1.29 is 0 Å². The van der Waals surface area contributed by atoms with E-state index in [0.717, 1.165) is 5.69 Å². The Bertz CT molecular complexity index is 1080. The monoisotopic (exact) mass is 385 g/mol. The molecule has 9 heteroatoms. The van der Waals surface area contributed by atoms with E-state index in [9.17, 15) is 0 Å². The molecule has 2 N–H and O–H groups in total. The summed E-state index contributed by atoms with van der Waals surface area (Å²) in [6.45, 7) is 3.74. The van der Waals surface area contributed by atoms with Crippen LogP contribution < -0.4 is 5.32 Å². The van der Waals surface area contributed by atoms with Crippen LogP contribution in [-0.2, 0) is 0 Å². The molecule has 26 heavy (non-hydrogen) atoms. The largest absolute Gasteiger partial charge is 0.333 e. The maximum atomic E-state index is 6.28. The van der Waals surface area contributed by atoms with Crippen molar-refractivity contribution in [3.63, 3.8) is 0 Å². The van der Waals surface area contributed by atoms with Crippen molar-refractivity contribution in [1.29, 1.82) is 0 Å². The zero-order chi connectivity index (χ0) is 18.3. The Labute approximate surface area is 158 Å². The topological polar surface area (TPSA) is 92.3 Å². The number of aromatic amines is 1. The van der Waals surface area contributed by atoms with Crippen LogP contribution in [0.1, 0.15) is 11.5 Å². The van der Waals surface area contributed by atoms with Crippen molar-refractivity contribution in [1.82, 2.24) is 29.9 Å². The highest BCUT2D eigenvalue weighted by Crippen LogP contribution is 2.34. The number of hydrogen-bond donors (Lipinski definition) is 2. The number of halogens is 2. The van der Waals surface area contributed by atoms with Gasteiger partial charge in [-0.25, -0.2) is 24.9 Å². The summed E-state index contributed by atoms with van der Waals surface area (Å²) in [6.07, 6.45) is 1.43. The number of H-pyrrole nitrogens is 1. The molecular formula is C17H13Cl2N7. The van der Waals surface area contributed by atoms with Crippen molar-refractivity contribution in [2.75, 3.05) is 5.32 Å². The minimum absolute atomic E-state index is 0.496. The third-order valence-corrected chi connectivity index (χ3v) is 4.33. The summed E-state index contributed by atoms with van der Waals surface area (Å²) >= 11 is 12.6. The second-order valence-corrected chi connectivity index (χ2v) is 6.48. The summed E-state index contributed by atoms with van der Waals surface area (Å²) in [5.74, 6) is 2.39. The van der Waals surface area contributed by atoms with Gasteiger partial charge in [-0.15, -0.1) is 0 Å². The number of benzene rings is 1. The van der Waals surface area contributed by atoms with E-state index in [1.165, 1.54) is 6.33 Å². The van der Waals surface area contributed by atoms with Gasteiger partial charge in [0.1, 0.15) is 29.3 Å². The number of fused-ring (bicyclic) bond motifs is 1. The van der Waals surface area contributed by atoms with Crippen LogP contribution in [-0.4, -0.2) is 29.9 Å². The lowest BCUT2D eigenvalue weighted by molar-refractivity contribution is 1.01. The first-order valence-corrected chi connectivity index (χ1v) is 8.51. The molecule has 0 unspecified atom stereocenters. The lowest BCUT2D eigenvalue weighted by Crippen LogP contribution is -2.01. The number of anilines is 2. The van der Waals surface area contributed by atoms with E-state index < -0.39 is 0 Å². The lowest BCUT2D eigenvalue weighted by Gasteiger charge is -2.06. The third-order valence-electron chi connectivity index (χ3n) is 3.70. The minimum Gasteiger partial charge on any atom is -0.333 e. The van der Waals surface area contributed by atoms with E-state index in [0.29, 0.717) is 50.1 Å². The zero-order valence-electron chi connectivity index (χ0n) is 13.9. The fourth-order valence-electron chi connectivity index (χ4n) is 2.67. The number of hydrogen-bond acceptors (Lipinski definition) is 6. The molecule has 0 aliphatic heterocycles. The second-order valence-electron chi connectivity index (χ2n) is 5.67. The Morgan fingerprint density at radius 2 is 1.77 bits per heavy atom. The van der Waals surface area contributed by atoms with Crippen LogP contribution in [0.3, 0.4) is 0 Å². The minimum atomic E-state index is 0.496. The van der Waals surface area contributed by atoms with Gasteiger partial charge in [-0.2, -0.15) is 0 Å². The summed E-state index contributed by atoms with van der Waals surface area (Å²) in [4.78, 5) is 24.8. The van der Waals surface area contributed by atoms with E-state index in [2.05, 4.69) is 35.2 Å². The first-order chi connectivity index (χ1) is 12.5. The Morgan fingerprint density at radius 3 is 2.50 bits per heavy atom. The fourth-order valence-corrected chi connectivity index (χ4v) is 3.24. The van der Waals surface area contributed by atoms with Gasteiger partial charge in [-0.05, 0) is 26.0 Å². The smallest absolute Gasteiger partial charge is 0.183 e. The fraction of sp³-hybridized carbons (Fsp3) is 0.118. The number of imidazole rings is 1. The molecule has 0 atom stereocenters. The molecule has 3 aromatic heterocycles. The van der Waals surface area contributed by atoms with Crippen molar-refractivity contribution in [3.8, 4) is 11.4 Å². The molecule has 0 saturated heterocycles. The van der Waals surface area contributed by atoms with E-state index in [1.807, 2.05) is 19.9 Å². The molecule has 0 aliphatic carbocycles. The molecule has 3 heterocycles. The van der Waals surface area contributed by atoms with Crippen LogP contribution in [0.25, 0.3) is 22.6 Å². The summed E-state index contributed by atoms with van der Waals surface area (Å²) in [5, 5.41) is 4.19. The molecule has 4 aromatic rings. The lowest BCUT2D eigenvalue weighted by atomic mass is 10.2. The van der Waals surface area contributed by atoms with E-state index in [1.54, 1.807) is 18.2 Å². The number of aryl methyl sites for hydroxylation is 2. The van der Waals surface area contributed by atoms with Gasteiger partial charge in [-0.3, -0.25) is 0 Å². The molecule has 1 aromatic carbocycles. The SMILES string of the molecule is Cc1cc(Nc2ncnc3nc(-c4c(Cl)cccc4Cl)[nH]c23)nc(C)n1. The number of rotatable bonds is 3. The molecule has 0 fully saturated rings. The van der Waals surface area contributed by atoms with Gasteiger partial charge in [0.2, 0.25) is 0 Å². The maximum Gasteiger partial charge on any atom is 0.183 e. The molecule has 0 aliphatic rings. The first-order valence-electron chi connectivity index (χ1n) is 7.75. The van der Waals surface area contributed by atoms with Gasteiger partial charge < -0.3 is 10.3 Å². The van der Waals surface area contributed by atoms with Gasteiger partial charge in [0.05, 0.1) is 15.6 Å². The predicted octanol–water partition coefficient (Wildman–Crippen LogP) is 4.48. The molecule has 0 spiro atoms. The van der Waals surface area contributed by atoms with Crippen molar-refractivity contribution >= 4 is 46.0 Å². The predicted molar refractivity (Wildman–Crippen MR) is 102 cm³/mol. The highest BCUT2D eigenvalue weighted by atomic mass is 35.5. The average molecular weight is 386 g/mol. The van der Waals surface area contributed by atoms with Crippen LogP contribution in [0.4, 0.5) is 11.6 Å². The molecular weight excluding hydrogens is 373 g/mol. The highest BCUT2D eigenvalue weighted by Gasteiger charge is 2.16. The number of aromatic nitrogens is 6. The van der Waals surface area contributed by atoms with Crippen LogP contribution in [0.15, 0.2) is 30.6 Å². The standard InChI is InChI=1S/C17H13Cl2N7/c1-8-6-12(23-9(2)22-8)24-16-14-17(21-7-20-16)26-15(25-14)13-10(18)4-3-5-11(13)19/h3-7H,1-2H3,(H2,20,21,22,23,24,25,26). The third kappa shape index (κ3) is 3.07. The molecule has 4 rings (SSSR count). The Hall–Kier alpha value is -2.77. The Kier molecular flexibility index (Phi) is 4.18. The van der Waals surface area contributed by atoms with Gasteiger partial charge in [0.25, 0.3) is 0 Å². The summed E-state index contributed by atoms with van der Waals surface area (Å²) in [5.41, 5.74) is 2.61. The van der Waals surface area contributed by atoms with Crippen LogP contribution in [0, 0.1) is 13.8 Å². The number of nitrogens with zero attached hydrogens (tertiary/aromatic N) is 5. The molecule has 130 valence electrons. The Morgan fingerprint density at radius 1 is 1.00 bits per heavy atom. The van der Waals surface area contributed by atoms with Gasteiger partial charge in [0, 0.05) is 11.8 Å². The van der Waals surface area contributed by atoms with Crippen LogP contribution in [0.2, 0.25) is 10.0 Å². The molecule has 0 saturated carbocycles. The normalized spacial score (nSPS) is 11.1. The van der Waals surface area contributed by atoms with Crippen molar-refractivity contribution in [2.45, 2.75) is 13.8 Å². The average Bonchev–Trinajstić information content (AvgIpc) is 2.98. The van der Waals surface area contributed by atoms with E-state index in [-0.39, 0.29) is 0 Å². The molecule has 0 radical (unpaired) electrons. The summed E-state index contributed by atoms with van der Waals surface area (Å²) in [6, 6.07) is 7.13. The van der Waals surface area contributed by atoms with E-state index in [4.69, 9.17) is 23.2 Å². The highest BCUT2D eigenvalue weighted by molar-refractivity contribution is 6.39. The van der Waals surface area contributed by atoms with Gasteiger partial charge in [0.15, 0.2) is 11.5 Å². The van der Waals surface area contributed by atoms with Crippen molar-refractivity contribution in [3.05, 3.63) is 52.2 Å². The molecule has 7 nitrogen and oxygen atoms in total. The summed E-state index contributed by atoms with van der Waals surface area (Å²) < 4.78 is 0.